The van der Waals surface area contributed by atoms with Gasteiger partial charge in [0.05, 0.1) is 5.56 Å². The summed E-state index contributed by atoms with van der Waals surface area (Å²) < 4.78 is 0. The first-order valence-corrected chi connectivity index (χ1v) is 5.15. The van der Waals surface area contributed by atoms with Gasteiger partial charge in [-0.25, -0.2) is 4.98 Å². The number of nitrogens with zero attached hydrogens (tertiary/aromatic N) is 1. The number of aromatic amines is 1. The fourth-order valence-corrected chi connectivity index (χ4v) is 1.66. The molecule has 0 spiro atoms. The van der Waals surface area contributed by atoms with Crippen molar-refractivity contribution in [3.05, 3.63) is 30.1 Å². The van der Waals surface area contributed by atoms with E-state index in [1.54, 1.807) is 18.5 Å². The van der Waals surface area contributed by atoms with E-state index in [0.29, 0.717) is 11.4 Å². The number of H-pyrrole nitrogens is 1. The van der Waals surface area contributed by atoms with Gasteiger partial charge in [-0.1, -0.05) is 13.8 Å². The van der Waals surface area contributed by atoms with Crippen molar-refractivity contribution in [3.63, 3.8) is 0 Å². The first-order valence-electron chi connectivity index (χ1n) is 5.15. The van der Waals surface area contributed by atoms with Crippen LogP contribution in [-0.2, 0) is 0 Å². The molecule has 0 saturated carbocycles. The third-order valence-electron chi connectivity index (χ3n) is 2.52. The van der Waals surface area contributed by atoms with Crippen molar-refractivity contribution in [3.8, 4) is 22.9 Å². The second-order valence-electron chi connectivity index (χ2n) is 4.02. The second kappa shape index (κ2) is 3.89. The summed E-state index contributed by atoms with van der Waals surface area (Å²) >= 11 is 0. The highest BCUT2D eigenvalue weighted by Crippen LogP contribution is 2.36. The maximum absolute atomic E-state index is 9.75. The molecule has 0 fully saturated rings. The number of aromatic hydroxyl groups is 2. The van der Waals surface area contributed by atoms with E-state index in [1.807, 2.05) is 13.8 Å². The van der Waals surface area contributed by atoms with Gasteiger partial charge in [-0.15, -0.1) is 0 Å². The van der Waals surface area contributed by atoms with Gasteiger partial charge in [0.1, 0.15) is 17.3 Å². The Labute approximate surface area is 93.6 Å². The van der Waals surface area contributed by atoms with E-state index in [4.69, 9.17) is 0 Å². The molecule has 0 aliphatic heterocycles. The van der Waals surface area contributed by atoms with E-state index in [0.717, 1.165) is 5.56 Å². The average Bonchev–Trinajstić information content (AvgIpc) is 2.70. The van der Waals surface area contributed by atoms with E-state index in [9.17, 15) is 10.2 Å². The van der Waals surface area contributed by atoms with Crippen molar-refractivity contribution in [1.82, 2.24) is 9.97 Å². The number of benzene rings is 1. The Balaban J connectivity index is 2.58. The Bertz CT molecular complexity index is 490. The zero-order chi connectivity index (χ0) is 11.7. The summed E-state index contributed by atoms with van der Waals surface area (Å²) in [7, 11) is 0. The predicted molar refractivity (Wildman–Crippen MR) is 61.4 cm³/mol. The maximum atomic E-state index is 9.75. The maximum Gasteiger partial charge on any atom is 0.141 e. The van der Waals surface area contributed by atoms with E-state index in [-0.39, 0.29) is 17.4 Å². The van der Waals surface area contributed by atoms with Gasteiger partial charge in [-0.2, -0.15) is 0 Å². The molecule has 4 nitrogen and oxygen atoms in total. The molecular formula is C12H14N2O2. The fourth-order valence-electron chi connectivity index (χ4n) is 1.66. The van der Waals surface area contributed by atoms with Crippen LogP contribution in [0.15, 0.2) is 24.5 Å². The first-order chi connectivity index (χ1) is 7.59. The monoisotopic (exact) mass is 218 g/mol. The Morgan fingerprint density at radius 3 is 2.50 bits per heavy atom. The van der Waals surface area contributed by atoms with Crippen molar-refractivity contribution in [2.45, 2.75) is 19.8 Å². The van der Waals surface area contributed by atoms with Gasteiger partial charge in [0.25, 0.3) is 0 Å². The molecular weight excluding hydrogens is 204 g/mol. The van der Waals surface area contributed by atoms with Crippen LogP contribution in [0.1, 0.15) is 25.3 Å². The number of hydrogen-bond acceptors (Lipinski definition) is 3. The molecule has 3 N–H and O–H groups in total. The number of rotatable bonds is 2. The van der Waals surface area contributed by atoms with Crippen LogP contribution in [0, 0.1) is 0 Å². The van der Waals surface area contributed by atoms with E-state index in [2.05, 4.69) is 9.97 Å². The van der Waals surface area contributed by atoms with Gasteiger partial charge in [0.2, 0.25) is 0 Å². The first kappa shape index (κ1) is 10.5. The molecule has 1 aromatic carbocycles. The van der Waals surface area contributed by atoms with Crippen LogP contribution in [0.3, 0.4) is 0 Å². The topological polar surface area (TPSA) is 69.1 Å². The molecule has 0 aliphatic rings. The summed E-state index contributed by atoms with van der Waals surface area (Å²) in [6.45, 7) is 3.97. The third kappa shape index (κ3) is 1.74. The molecule has 1 heterocycles. The summed E-state index contributed by atoms with van der Waals surface area (Å²) in [5, 5.41) is 19.4. The molecule has 0 radical (unpaired) electrons. The summed E-state index contributed by atoms with van der Waals surface area (Å²) in [5.74, 6) is 0.924. The van der Waals surface area contributed by atoms with Crippen LogP contribution in [0.2, 0.25) is 0 Å². The summed E-state index contributed by atoms with van der Waals surface area (Å²) in [5.41, 5.74) is 1.40. The highest BCUT2D eigenvalue weighted by Gasteiger charge is 2.13. The van der Waals surface area contributed by atoms with Crippen molar-refractivity contribution in [1.29, 1.82) is 0 Å². The molecule has 0 amide bonds. The number of phenols is 2. The fraction of sp³-hybridized carbons (Fsp3) is 0.250. The molecule has 0 atom stereocenters. The van der Waals surface area contributed by atoms with Crippen molar-refractivity contribution < 1.29 is 10.2 Å². The van der Waals surface area contributed by atoms with E-state index in [1.165, 1.54) is 6.07 Å². The molecule has 2 rings (SSSR count). The SMILES string of the molecule is CC(C)c1cc(-c2ncc[nH]2)c(O)cc1O. The third-order valence-corrected chi connectivity index (χ3v) is 2.52. The summed E-state index contributed by atoms with van der Waals surface area (Å²) in [4.78, 5) is 7.01. The number of nitrogens with one attached hydrogen (secondary N) is 1. The van der Waals surface area contributed by atoms with Crippen LogP contribution < -0.4 is 0 Å². The van der Waals surface area contributed by atoms with Gasteiger partial charge >= 0.3 is 0 Å². The Hall–Kier alpha value is -1.97. The molecule has 2 aromatic rings. The molecule has 0 unspecified atom stereocenters. The zero-order valence-corrected chi connectivity index (χ0v) is 9.23. The van der Waals surface area contributed by atoms with Gasteiger partial charge < -0.3 is 15.2 Å². The van der Waals surface area contributed by atoms with Crippen LogP contribution in [0.5, 0.6) is 11.5 Å². The van der Waals surface area contributed by atoms with Crippen LogP contribution in [0.25, 0.3) is 11.4 Å². The van der Waals surface area contributed by atoms with Gasteiger partial charge in [-0.05, 0) is 17.5 Å². The second-order valence-corrected chi connectivity index (χ2v) is 4.02. The predicted octanol–water partition coefficient (Wildman–Crippen LogP) is 2.61. The summed E-state index contributed by atoms with van der Waals surface area (Å²) in [6.07, 6.45) is 3.31. The van der Waals surface area contributed by atoms with Crippen molar-refractivity contribution >= 4 is 0 Å². The quantitative estimate of drug-likeness (QED) is 0.725. The minimum Gasteiger partial charge on any atom is -0.508 e. The Morgan fingerprint density at radius 1 is 1.19 bits per heavy atom. The van der Waals surface area contributed by atoms with Crippen molar-refractivity contribution in [2.75, 3.05) is 0 Å². The highest BCUT2D eigenvalue weighted by atomic mass is 16.3. The Kier molecular flexibility index (Phi) is 2.56. The summed E-state index contributed by atoms with van der Waals surface area (Å²) in [6, 6.07) is 3.11. The zero-order valence-electron chi connectivity index (χ0n) is 9.23. The van der Waals surface area contributed by atoms with Crippen LogP contribution >= 0.6 is 0 Å². The number of hydrogen-bond donors (Lipinski definition) is 3. The molecule has 0 aliphatic carbocycles. The highest BCUT2D eigenvalue weighted by molar-refractivity contribution is 5.67. The van der Waals surface area contributed by atoms with Gasteiger partial charge in [0, 0.05) is 18.5 Å². The molecule has 4 heteroatoms. The molecule has 0 bridgehead atoms. The smallest absolute Gasteiger partial charge is 0.141 e. The lowest BCUT2D eigenvalue weighted by Gasteiger charge is -2.11. The lowest BCUT2D eigenvalue weighted by Crippen LogP contribution is -1.91. The average molecular weight is 218 g/mol. The van der Waals surface area contributed by atoms with Crippen LogP contribution in [0.4, 0.5) is 0 Å². The Morgan fingerprint density at radius 2 is 1.94 bits per heavy atom. The number of phenolic OH excluding ortho intramolecular Hbond substituents is 2. The number of imidazole rings is 1. The van der Waals surface area contributed by atoms with Crippen molar-refractivity contribution in [2.24, 2.45) is 0 Å². The molecule has 16 heavy (non-hydrogen) atoms. The van der Waals surface area contributed by atoms with E-state index >= 15 is 0 Å². The van der Waals surface area contributed by atoms with Crippen LogP contribution in [-0.4, -0.2) is 20.2 Å². The molecule has 0 saturated heterocycles. The standard InChI is InChI=1S/C12H14N2O2/c1-7(2)8-5-9(11(16)6-10(8)15)12-13-3-4-14-12/h3-7,15-16H,1-2H3,(H,13,14). The van der Waals surface area contributed by atoms with Gasteiger partial charge in [0.15, 0.2) is 0 Å². The van der Waals surface area contributed by atoms with Gasteiger partial charge in [-0.3, -0.25) is 0 Å². The number of aromatic nitrogens is 2. The lowest BCUT2D eigenvalue weighted by molar-refractivity contribution is 0.445. The normalized spacial score (nSPS) is 10.9. The minimum atomic E-state index is 0.0249. The lowest BCUT2D eigenvalue weighted by atomic mass is 9.98. The molecule has 84 valence electrons. The minimum absolute atomic E-state index is 0.0249. The van der Waals surface area contributed by atoms with E-state index < -0.39 is 0 Å². The molecule has 1 aromatic heterocycles. The largest absolute Gasteiger partial charge is 0.508 e.